The molecule has 2 bridgehead atoms. The number of halogens is 1. The van der Waals surface area contributed by atoms with Crippen molar-refractivity contribution in [3.63, 3.8) is 0 Å². The largest absolute Gasteiger partial charge is 0.465 e. The van der Waals surface area contributed by atoms with E-state index < -0.39 is 34.0 Å². The fourth-order valence-corrected chi connectivity index (χ4v) is 5.80. The van der Waals surface area contributed by atoms with Crippen molar-refractivity contribution >= 4 is 33.4 Å². The molecule has 2 saturated heterocycles. The smallest absolute Gasteiger partial charge is 0.318 e. The number of nitrogens with zero attached hydrogens (tertiary/aromatic N) is 1. The van der Waals surface area contributed by atoms with Gasteiger partial charge in [0.05, 0.1) is 11.5 Å². The number of carbonyl (C=O) groups excluding carboxylic acids is 2. The molecule has 6 nitrogen and oxygen atoms in total. The van der Waals surface area contributed by atoms with Crippen LogP contribution in [0.2, 0.25) is 5.02 Å². The first-order valence-electron chi connectivity index (χ1n) is 8.34. The molecule has 0 saturated carbocycles. The summed E-state index contributed by atoms with van der Waals surface area (Å²) < 4.78 is 32.7. The normalized spacial score (nSPS) is 27.1. The van der Waals surface area contributed by atoms with Crippen molar-refractivity contribution in [1.29, 1.82) is 0 Å². The van der Waals surface area contributed by atoms with E-state index in [0.29, 0.717) is 17.9 Å². The van der Waals surface area contributed by atoms with Gasteiger partial charge in [-0.1, -0.05) is 18.0 Å². The van der Waals surface area contributed by atoms with Gasteiger partial charge in [0.1, 0.15) is 11.7 Å². The van der Waals surface area contributed by atoms with Crippen molar-refractivity contribution in [3.8, 4) is 0 Å². The average Bonchev–Trinajstić information content (AvgIpc) is 2.54. The number of carbonyl (C=O) groups is 2. The molecule has 0 amide bonds. The van der Waals surface area contributed by atoms with E-state index in [-0.39, 0.29) is 23.7 Å². The molecule has 0 aliphatic carbocycles. The third-order valence-corrected chi connectivity index (χ3v) is 7.07. The molecule has 8 heteroatoms. The Hall–Kier alpha value is -1.44. The van der Waals surface area contributed by atoms with Gasteiger partial charge in [-0.05, 0) is 44.0 Å². The van der Waals surface area contributed by atoms with Crippen LogP contribution in [0, 0.1) is 5.92 Å². The molecule has 0 N–H and O–H groups in total. The van der Waals surface area contributed by atoms with E-state index in [4.69, 9.17) is 16.3 Å². The Labute approximate surface area is 152 Å². The third kappa shape index (κ3) is 3.32. The summed E-state index contributed by atoms with van der Waals surface area (Å²) in [7, 11) is -3.83. The van der Waals surface area contributed by atoms with E-state index in [0.717, 1.165) is 6.42 Å². The SMILES string of the molecule is CCOC(=O)C1C(=O)CC2CCCC1N2S(=O)(=O)c1ccc(Cl)cc1. The van der Waals surface area contributed by atoms with E-state index in [1.807, 2.05) is 0 Å². The van der Waals surface area contributed by atoms with Crippen LogP contribution in [0.4, 0.5) is 0 Å². The summed E-state index contributed by atoms with van der Waals surface area (Å²) in [4.78, 5) is 24.8. The minimum Gasteiger partial charge on any atom is -0.465 e. The van der Waals surface area contributed by atoms with Crippen molar-refractivity contribution in [1.82, 2.24) is 4.31 Å². The molecule has 0 spiro atoms. The fraction of sp³-hybridized carbons (Fsp3) is 0.529. The fourth-order valence-electron chi connectivity index (χ4n) is 3.79. The standard InChI is InChI=1S/C17H20ClNO5S/c1-2-24-17(21)16-14-5-3-4-12(10-15(16)20)19(14)25(22,23)13-8-6-11(18)7-9-13/h6-9,12,14,16H,2-5,10H2,1H3. The van der Waals surface area contributed by atoms with Crippen LogP contribution in [0.25, 0.3) is 0 Å². The highest BCUT2D eigenvalue weighted by atomic mass is 35.5. The predicted molar refractivity (Wildman–Crippen MR) is 91.7 cm³/mol. The lowest BCUT2D eigenvalue weighted by Crippen LogP contribution is -2.61. The zero-order valence-electron chi connectivity index (χ0n) is 13.9. The van der Waals surface area contributed by atoms with E-state index >= 15 is 0 Å². The van der Waals surface area contributed by atoms with Gasteiger partial charge >= 0.3 is 5.97 Å². The maximum absolute atomic E-state index is 13.2. The lowest BCUT2D eigenvalue weighted by atomic mass is 9.78. The lowest BCUT2D eigenvalue weighted by Gasteiger charge is -2.46. The summed E-state index contributed by atoms with van der Waals surface area (Å²) >= 11 is 5.85. The second kappa shape index (κ2) is 7.05. The Kier molecular flexibility index (Phi) is 5.18. The van der Waals surface area contributed by atoms with Crippen molar-refractivity contribution in [2.24, 2.45) is 5.92 Å². The van der Waals surface area contributed by atoms with Gasteiger partial charge in [0.2, 0.25) is 10.0 Å². The zero-order chi connectivity index (χ0) is 18.2. The second-order valence-corrected chi connectivity index (χ2v) is 8.62. The molecule has 1 aromatic carbocycles. The number of sulfonamides is 1. The van der Waals surface area contributed by atoms with Gasteiger partial charge in [0, 0.05) is 23.5 Å². The molecular weight excluding hydrogens is 366 g/mol. The van der Waals surface area contributed by atoms with Crippen molar-refractivity contribution in [3.05, 3.63) is 29.3 Å². The van der Waals surface area contributed by atoms with E-state index in [2.05, 4.69) is 0 Å². The van der Waals surface area contributed by atoms with E-state index in [9.17, 15) is 18.0 Å². The number of Topliss-reactive ketones (excluding diaryl/α,β-unsaturated/α-hetero) is 1. The number of ketones is 1. The molecule has 2 aliphatic rings. The van der Waals surface area contributed by atoms with Crippen LogP contribution >= 0.6 is 11.6 Å². The Morgan fingerprint density at radius 1 is 1.28 bits per heavy atom. The average molecular weight is 386 g/mol. The van der Waals surface area contributed by atoms with Crippen molar-refractivity contribution in [2.45, 2.75) is 49.6 Å². The van der Waals surface area contributed by atoms with E-state index in [1.54, 1.807) is 6.92 Å². The summed E-state index contributed by atoms with van der Waals surface area (Å²) in [5.74, 6) is -1.90. The van der Waals surface area contributed by atoms with Crippen LogP contribution < -0.4 is 0 Å². The highest BCUT2D eigenvalue weighted by Crippen LogP contribution is 2.40. The first-order valence-corrected chi connectivity index (χ1v) is 10.2. The van der Waals surface area contributed by atoms with Gasteiger partial charge in [-0.15, -0.1) is 0 Å². The Balaban J connectivity index is 2.00. The molecule has 1 aromatic rings. The molecule has 3 atom stereocenters. The number of piperidine rings is 2. The first-order chi connectivity index (χ1) is 11.9. The topological polar surface area (TPSA) is 80.8 Å². The molecule has 2 fully saturated rings. The number of hydrogen-bond donors (Lipinski definition) is 0. The predicted octanol–water partition coefficient (Wildman–Crippen LogP) is 2.40. The van der Waals surface area contributed by atoms with Gasteiger partial charge in [0.15, 0.2) is 0 Å². The van der Waals surface area contributed by atoms with Gasteiger partial charge in [-0.25, -0.2) is 8.42 Å². The molecule has 25 heavy (non-hydrogen) atoms. The molecule has 2 aliphatic heterocycles. The molecule has 2 heterocycles. The van der Waals surface area contributed by atoms with Gasteiger partial charge < -0.3 is 4.74 Å². The van der Waals surface area contributed by atoms with E-state index in [1.165, 1.54) is 28.6 Å². The number of fused-ring (bicyclic) bond motifs is 2. The molecular formula is C17H20ClNO5S. The van der Waals surface area contributed by atoms with Crippen molar-refractivity contribution < 1.29 is 22.7 Å². The van der Waals surface area contributed by atoms with Crippen LogP contribution in [-0.2, 0) is 24.3 Å². The minimum absolute atomic E-state index is 0.0484. The maximum Gasteiger partial charge on any atom is 0.318 e. The number of ether oxygens (including phenoxy) is 1. The summed E-state index contributed by atoms with van der Waals surface area (Å²) in [5.41, 5.74) is 0. The van der Waals surface area contributed by atoms with Crippen molar-refractivity contribution in [2.75, 3.05) is 6.61 Å². The monoisotopic (exact) mass is 385 g/mol. The quantitative estimate of drug-likeness (QED) is 0.587. The number of benzene rings is 1. The van der Waals surface area contributed by atoms with Gasteiger partial charge in [-0.2, -0.15) is 4.31 Å². The molecule has 3 rings (SSSR count). The van der Waals surface area contributed by atoms with Crippen LogP contribution in [0.15, 0.2) is 29.2 Å². The van der Waals surface area contributed by atoms with Crippen LogP contribution in [-0.4, -0.2) is 43.2 Å². The number of rotatable bonds is 4. The highest BCUT2D eigenvalue weighted by molar-refractivity contribution is 7.89. The van der Waals surface area contributed by atoms with Crippen LogP contribution in [0.5, 0.6) is 0 Å². The van der Waals surface area contributed by atoms with Gasteiger partial charge in [0.25, 0.3) is 0 Å². The molecule has 0 aromatic heterocycles. The third-order valence-electron chi connectivity index (χ3n) is 4.82. The molecule has 0 radical (unpaired) electrons. The Bertz CT molecular complexity index is 769. The number of hydrogen-bond acceptors (Lipinski definition) is 5. The summed E-state index contributed by atoms with van der Waals surface area (Å²) in [6.45, 7) is 1.82. The first kappa shape index (κ1) is 18.4. The number of esters is 1. The summed E-state index contributed by atoms with van der Waals surface area (Å²) in [6, 6.07) is 4.84. The van der Waals surface area contributed by atoms with Crippen LogP contribution in [0.1, 0.15) is 32.6 Å². The lowest BCUT2D eigenvalue weighted by molar-refractivity contribution is -0.157. The maximum atomic E-state index is 13.2. The molecule has 3 unspecified atom stereocenters. The second-order valence-electron chi connectivity index (χ2n) is 6.34. The summed E-state index contributed by atoms with van der Waals surface area (Å²) in [5, 5.41) is 0.442. The summed E-state index contributed by atoms with van der Waals surface area (Å²) in [6.07, 6.45) is 1.92. The van der Waals surface area contributed by atoms with Crippen LogP contribution in [0.3, 0.4) is 0 Å². The zero-order valence-corrected chi connectivity index (χ0v) is 15.4. The highest BCUT2D eigenvalue weighted by Gasteiger charge is 2.52. The molecule has 136 valence electrons. The Morgan fingerprint density at radius 2 is 1.96 bits per heavy atom. The Morgan fingerprint density at radius 3 is 2.60 bits per heavy atom. The minimum atomic E-state index is -3.83. The van der Waals surface area contributed by atoms with Gasteiger partial charge in [-0.3, -0.25) is 9.59 Å².